The molecule has 1 unspecified atom stereocenters. The van der Waals surface area contributed by atoms with E-state index in [1.807, 2.05) is 0 Å². The van der Waals surface area contributed by atoms with Gasteiger partial charge < -0.3 is 14.4 Å². The number of aryl methyl sites for hydroxylation is 4. The molecule has 2 heterocycles. The molecule has 0 spiro atoms. The minimum atomic E-state index is 0.178. The van der Waals surface area contributed by atoms with Gasteiger partial charge in [-0.25, -0.2) is 0 Å². The third-order valence-corrected chi connectivity index (χ3v) is 14.5. The second kappa shape index (κ2) is 23.8. The predicted molar refractivity (Wildman–Crippen MR) is 272 cm³/mol. The molecule has 0 amide bonds. The number of hydrogen-bond donors (Lipinski definition) is 0. The molecule has 8 rings (SSSR count). The fourth-order valence-corrected chi connectivity index (χ4v) is 10.3. The van der Waals surface area contributed by atoms with Crippen molar-refractivity contribution in [1.82, 2.24) is 9.80 Å². The molecule has 5 heteroatoms. The molecular formula is C59H79N3O2. The Morgan fingerprint density at radius 3 is 1.27 bits per heavy atom. The van der Waals surface area contributed by atoms with Gasteiger partial charge in [-0.05, 0) is 143 Å². The molecular weight excluding hydrogens is 783 g/mol. The second-order valence-corrected chi connectivity index (χ2v) is 19.3. The van der Waals surface area contributed by atoms with E-state index < -0.39 is 0 Å². The van der Waals surface area contributed by atoms with Crippen molar-refractivity contribution in [3.8, 4) is 11.1 Å². The zero-order chi connectivity index (χ0) is 44.7. The van der Waals surface area contributed by atoms with Crippen molar-refractivity contribution >= 4 is 17.1 Å². The number of ether oxygens (including phenoxy) is 2. The number of benzene rings is 5. The third kappa shape index (κ3) is 12.5. The van der Waals surface area contributed by atoms with Gasteiger partial charge in [-0.2, -0.15) is 0 Å². The van der Waals surface area contributed by atoms with Gasteiger partial charge in [-0.1, -0.05) is 147 Å². The fraction of sp³-hybridized carbons (Fsp3) is 0.492. The Bertz CT molecular complexity index is 2020. The van der Waals surface area contributed by atoms with Crippen LogP contribution in [0.2, 0.25) is 0 Å². The van der Waals surface area contributed by atoms with Crippen LogP contribution < -0.4 is 4.90 Å². The number of rotatable bonds is 19. The Balaban J connectivity index is 0.000000211. The Labute approximate surface area is 388 Å². The summed E-state index contributed by atoms with van der Waals surface area (Å²) in [5, 5.41) is 0. The maximum absolute atomic E-state index is 5.52. The van der Waals surface area contributed by atoms with Crippen LogP contribution in [0, 0.1) is 27.7 Å². The van der Waals surface area contributed by atoms with Crippen LogP contribution in [0.1, 0.15) is 129 Å². The highest BCUT2D eigenvalue weighted by Gasteiger charge is 2.42. The first-order chi connectivity index (χ1) is 31.2. The summed E-state index contributed by atoms with van der Waals surface area (Å²) < 4.78 is 11.0. The summed E-state index contributed by atoms with van der Waals surface area (Å²) in [6.07, 6.45) is 14.4. The molecule has 0 aromatic heterocycles. The van der Waals surface area contributed by atoms with Gasteiger partial charge in [0.25, 0.3) is 0 Å². The summed E-state index contributed by atoms with van der Waals surface area (Å²) in [6.45, 7) is 23.9. The number of anilines is 3. The number of morpholine rings is 2. The second-order valence-electron chi connectivity index (χ2n) is 19.3. The van der Waals surface area contributed by atoms with Crippen LogP contribution in [-0.4, -0.2) is 75.5 Å². The molecule has 1 aliphatic carbocycles. The standard InChI is InChI=1S/C35H52N2O2.C24H27N/c1-29-11-13-31-32-14-12-30(2)28-34(32)35(33(31)27-29,15-7-3-5-9-17-36-19-23-38-24-20-36)16-8-4-6-10-18-37-21-25-39-26-22-37;1-5-20(4)21-10-16-24(17-11-21)25(22-12-6-18(2)7-13-22)23-14-8-19(3)9-15-23/h11-14,27-28H,3-10,15-26H2,1-2H3;6-17,20H,5H2,1-4H3. The monoisotopic (exact) mass is 862 g/mol. The Kier molecular flexibility index (Phi) is 17.7. The van der Waals surface area contributed by atoms with Gasteiger partial charge in [0.1, 0.15) is 0 Å². The van der Waals surface area contributed by atoms with Crippen LogP contribution in [0.25, 0.3) is 11.1 Å². The van der Waals surface area contributed by atoms with Gasteiger partial charge in [-0.15, -0.1) is 0 Å². The van der Waals surface area contributed by atoms with Crippen LogP contribution in [-0.2, 0) is 14.9 Å². The van der Waals surface area contributed by atoms with Crippen LogP contribution in [0.3, 0.4) is 0 Å². The topological polar surface area (TPSA) is 28.2 Å². The zero-order valence-corrected chi connectivity index (χ0v) is 40.5. The smallest absolute Gasteiger partial charge is 0.0594 e. The average molecular weight is 862 g/mol. The lowest BCUT2D eigenvalue weighted by atomic mass is 9.70. The minimum Gasteiger partial charge on any atom is -0.379 e. The SMILES string of the molecule is CCC(C)c1ccc(N(c2ccc(C)cc2)c2ccc(C)cc2)cc1.Cc1ccc2c(c1)C(CCCCCCN1CCOCC1)(CCCCCCN1CCOCC1)c1cc(C)ccc1-2. The lowest BCUT2D eigenvalue weighted by Gasteiger charge is -2.33. The van der Waals surface area contributed by atoms with E-state index in [9.17, 15) is 0 Å². The molecule has 0 N–H and O–H groups in total. The first-order valence-electron chi connectivity index (χ1n) is 25.1. The van der Waals surface area contributed by atoms with Crippen molar-refractivity contribution in [2.45, 2.75) is 124 Å². The van der Waals surface area contributed by atoms with E-state index in [1.165, 1.54) is 140 Å². The molecule has 0 bridgehead atoms. The fourth-order valence-electron chi connectivity index (χ4n) is 10.3. The van der Waals surface area contributed by atoms with E-state index in [1.54, 1.807) is 11.1 Å². The Hall–Kier alpha value is -4.26. The average Bonchev–Trinajstić information content (AvgIpc) is 3.58. The number of unbranched alkanes of at least 4 members (excludes halogenated alkanes) is 6. The van der Waals surface area contributed by atoms with E-state index in [0.717, 1.165) is 52.6 Å². The summed E-state index contributed by atoms with van der Waals surface area (Å²) >= 11 is 0. The predicted octanol–water partition coefficient (Wildman–Crippen LogP) is 14.4. The maximum Gasteiger partial charge on any atom is 0.0594 e. The van der Waals surface area contributed by atoms with Gasteiger partial charge in [0, 0.05) is 48.7 Å². The van der Waals surface area contributed by atoms with Crippen LogP contribution in [0.4, 0.5) is 17.1 Å². The first-order valence-corrected chi connectivity index (χ1v) is 25.1. The highest BCUT2D eigenvalue weighted by Crippen LogP contribution is 2.54. The first kappa shape index (κ1) is 47.7. The summed E-state index contributed by atoms with van der Waals surface area (Å²) in [7, 11) is 0. The summed E-state index contributed by atoms with van der Waals surface area (Å²) in [6, 6.07) is 41.0. The van der Waals surface area contributed by atoms with Crippen molar-refractivity contribution in [2.24, 2.45) is 0 Å². The number of fused-ring (bicyclic) bond motifs is 3. The largest absolute Gasteiger partial charge is 0.379 e. The Morgan fingerprint density at radius 1 is 0.484 bits per heavy atom. The van der Waals surface area contributed by atoms with Crippen molar-refractivity contribution < 1.29 is 9.47 Å². The molecule has 5 nitrogen and oxygen atoms in total. The zero-order valence-electron chi connectivity index (χ0n) is 40.5. The van der Waals surface area contributed by atoms with E-state index >= 15 is 0 Å². The molecule has 1 atom stereocenters. The third-order valence-electron chi connectivity index (χ3n) is 14.5. The quantitative estimate of drug-likeness (QED) is 0.0771. The van der Waals surface area contributed by atoms with Crippen LogP contribution in [0.15, 0.2) is 109 Å². The van der Waals surface area contributed by atoms with Crippen molar-refractivity contribution in [3.63, 3.8) is 0 Å². The van der Waals surface area contributed by atoms with Gasteiger partial charge >= 0.3 is 0 Å². The van der Waals surface area contributed by atoms with Crippen molar-refractivity contribution in [3.05, 3.63) is 148 Å². The lowest BCUT2D eigenvalue weighted by molar-refractivity contribution is 0.0371. The van der Waals surface area contributed by atoms with E-state index in [4.69, 9.17) is 9.47 Å². The molecule has 5 aromatic carbocycles. The minimum absolute atomic E-state index is 0.178. The van der Waals surface area contributed by atoms with Crippen LogP contribution >= 0.6 is 0 Å². The van der Waals surface area contributed by atoms with Gasteiger partial charge in [0.2, 0.25) is 0 Å². The van der Waals surface area contributed by atoms with E-state index in [-0.39, 0.29) is 5.41 Å². The molecule has 0 radical (unpaired) electrons. The molecule has 2 aliphatic heterocycles. The summed E-state index contributed by atoms with van der Waals surface area (Å²) in [4.78, 5) is 7.48. The van der Waals surface area contributed by atoms with Gasteiger partial charge in [0.05, 0.1) is 26.4 Å². The number of nitrogens with zero attached hydrogens (tertiary/aromatic N) is 3. The highest BCUT2D eigenvalue weighted by atomic mass is 16.5. The normalized spacial score (nSPS) is 16.4. The van der Waals surface area contributed by atoms with Gasteiger partial charge in [-0.3, -0.25) is 9.80 Å². The molecule has 2 fully saturated rings. The Morgan fingerprint density at radius 2 is 0.859 bits per heavy atom. The van der Waals surface area contributed by atoms with E-state index in [2.05, 4.69) is 165 Å². The summed E-state index contributed by atoms with van der Waals surface area (Å²) in [5.74, 6) is 0.598. The molecule has 0 saturated carbocycles. The number of hydrogen-bond acceptors (Lipinski definition) is 5. The van der Waals surface area contributed by atoms with Crippen LogP contribution in [0.5, 0.6) is 0 Å². The van der Waals surface area contributed by atoms with Crippen molar-refractivity contribution in [1.29, 1.82) is 0 Å². The maximum atomic E-state index is 5.52. The van der Waals surface area contributed by atoms with E-state index in [0.29, 0.717) is 5.92 Å². The molecule has 5 aromatic rings. The van der Waals surface area contributed by atoms with Gasteiger partial charge in [0.15, 0.2) is 0 Å². The summed E-state index contributed by atoms with van der Waals surface area (Å²) in [5.41, 5.74) is 16.7. The molecule has 2 saturated heterocycles. The molecule has 3 aliphatic rings. The highest BCUT2D eigenvalue weighted by molar-refractivity contribution is 5.82. The van der Waals surface area contributed by atoms with Crippen molar-refractivity contribution in [2.75, 3.05) is 70.6 Å². The lowest BCUT2D eigenvalue weighted by Crippen LogP contribution is -2.36. The molecule has 342 valence electrons. The molecule has 64 heavy (non-hydrogen) atoms.